The molecule has 0 unspecified atom stereocenters. The molecule has 2 aromatic rings. The molecule has 0 spiro atoms. The summed E-state index contributed by atoms with van der Waals surface area (Å²) in [5.41, 5.74) is -0.558. The minimum Gasteiger partial charge on any atom is -0.305 e. The maximum absolute atomic E-state index is 11.2. The first-order chi connectivity index (χ1) is 6.72. The zero-order valence-corrected chi connectivity index (χ0v) is 7.07. The number of aromatic nitrogens is 4. The van der Waals surface area contributed by atoms with Gasteiger partial charge < -0.3 is 4.57 Å². The first-order valence-electron chi connectivity index (χ1n) is 3.83. The highest BCUT2D eigenvalue weighted by Gasteiger charge is 2.06. The van der Waals surface area contributed by atoms with Crippen molar-refractivity contribution in [2.75, 3.05) is 0 Å². The van der Waals surface area contributed by atoms with Crippen LogP contribution in [0.15, 0.2) is 15.9 Å². The van der Waals surface area contributed by atoms with Crippen molar-refractivity contribution in [1.82, 2.24) is 19.5 Å². The number of nitrogens with one attached hydrogen (secondary N) is 2. The zero-order chi connectivity index (χ0) is 10.1. The molecule has 0 aliphatic rings. The molecule has 0 saturated heterocycles. The summed E-state index contributed by atoms with van der Waals surface area (Å²) < 4.78 is 1.52. The van der Waals surface area contributed by atoms with Crippen LogP contribution in [0.25, 0.3) is 11.2 Å². The van der Waals surface area contributed by atoms with E-state index in [2.05, 4.69) is 20.9 Å². The monoisotopic (exact) mass is 190 g/mol. The lowest BCUT2D eigenvalue weighted by Crippen LogP contribution is -2.22. The van der Waals surface area contributed by atoms with Crippen molar-refractivity contribution >= 4 is 11.2 Å². The Balaban J connectivity index is 2.87. The predicted octanol–water partition coefficient (Wildman–Crippen LogP) is -0.954. The van der Waals surface area contributed by atoms with Crippen LogP contribution < -0.4 is 11.2 Å². The van der Waals surface area contributed by atoms with Crippen molar-refractivity contribution in [3.8, 4) is 12.3 Å². The second-order valence-electron chi connectivity index (χ2n) is 2.68. The lowest BCUT2D eigenvalue weighted by atomic mass is 10.5. The van der Waals surface area contributed by atoms with Gasteiger partial charge in [-0.1, -0.05) is 5.92 Å². The molecule has 0 amide bonds. The van der Waals surface area contributed by atoms with Crippen LogP contribution in [0.2, 0.25) is 0 Å². The Kier molecular flexibility index (Phi) is 1.71. The second kappa shape index (κ2) is 2.88. The number of fused-ring (bicyclic) bond motifs is 1. The molecule has 2 heterocycles. The van der Waals surface area contributed by atoms with Gasteiger partial charge in [0.15, 0.2) is 5.52 Å². The number of hydrogen-bond donors (Lipinski definition) is 2. The molecular formula is C8H6N4O2. The minimum atomic E-state index is -0.568. The molecule has 0 fully saturated rings. The fraction of sp³-hybridized carbons (Fsp3) is 0.125. The lowest BCUT2D eigenvalue weighted by Gasteiger charge is -1.95. The number of imidazole rings is 1. The smallest absolute Gasteiger partial charge is 0.305 e. The highest BCUT2D eigenvalue weighted by atomic mass is 16.2. The van der Waals surface area contributed by atoms with Crippen LogP contribution in [0.3, 0.4) is 0 Å². The predicted molar refractivity (Wildman–Crippen MR) is 49.8 cm³/mol. The first kappa shape index (κ1) is 8.31. The summed E-state index contributed by atoms with van der Waals surface area (Å²) in [6.07, 6.45) is 6.52. The van der Waals surface area contributed by atoms with E-state index in [1.165, 1.54) is 10.9 Å². The van der Waals surface area contributed by atoms with E-state index in [1.54, 1.807) is 0 Å². The maximum atomic E-state index is 11.2. The highest BCUT2D eigenvalue weighted by Crippen LogP contribution is 2.01. The summed E-state index contributed by atoms with van der Waals surface area (Å²) in [6, 6.07) is 0. The van der Waals surface area contributed by atoms with E-state index in [0.29, 0.717) is 5.65 Å². The number of terminal acetylenes is 1. The van der Waals surface area contributed by atoms with Crippen molar-refractivity contribution in [1.29, 1.82) is 0 Å². The van der Waals surface area contributed by atoms with Gasteiger partial charge in [0.05, 0.1) is 12.9 Å². The molecule has 14 heavy (non-hydrogen) atoms. The van der Waals surface area contributed by atoms with Gasteiger partial charge in [-0.25, -0.2) is 9.78 Å². The number of hydrogen-bond acceptors (Lipinski definition) is 3. The topological polar surface area (TPSA) is 83.5 Å². The molecule has 0 radical (unpaired) electrons. The minimum absolute atomic E-state index is 0.180. The van der Waals surface area contributed by atoms with Gasteiger partial charge in [-0.2, -0.15) is 0 Å². The van der Waals surface area contributed by atoms with E-state index in [0.717, 1.165) is 0 Å². The quantitative estimate of drug-likeness (QED) is 0.568. The lowest BCUT2D eigenvalue weighted by molar-refractivity contribution is 0.852. The number of nitrogens with zero attached hydrogens (tertiary/aromatic N) is 2. The van der Waals surface area contributed by atoms with Gasteiger partial charge in [0, 0.05) is 0 Å². The number of rotatable bonds is 1. The van der Waals surface area contributed by atoms with Gasteiger partial charge in [-0.15, -0.1) is 6.42 Å². The van der Waals surface area contributed by atoms with Gasteiger partial charge in [-0.05, 0) is 0 Å². The van der Waals surface area contributed by atoms with E-state index in [1.807, 2.05) is 0 Å². The summed E-state index contributed by atoms with van der Waals surface area (Å²) in [4.78, 5) is 30.5. The van der Waals surface area contributed by atoms with Gasteiger partial charge in [0.2, 0.25) is 0 Å². The number of H-pyrrole nitrogens is 2. The second-order valence-corrected chi connectivity index (χ2v) is 2.68. The first-order valence-corrected chi connectivity index (χ1v) is 3.83. The Labute approximate surface area is 77.6 Å². The van der Waals surface area contributed by atoms with E-state index in [4.69, 9.17) is 6.42 Å². The van der Waals surface area contributed by atoms with Crippen LogP contribution >= 0.6 is 0 Å². The molecule has 70 valence electrons. The van der Waals surface area contributed by atoms with Crippen LogP contribution in [0.5, 0.6) is 0 Å². The molecule has 0 atom stereocenters. The van der Waals surface area contributed by atoms with Crippen LogP contribution in [-0.2, 0) is 6.54 Å². The van der Waals surface area contributed by atoms with Crippen LogP contribution in [0.1, 0.15) is 0 Å². The molecule has 0 aromatic carbocycles. The Bertz CT molecular complexity index is 625. The highest BCUT2D eigenvalue weighted by molar-refractivity contribution is 5.68. The fourth-order valence-electron chi connectivity index (χ4n) is 1.20. The Hall–Kier alpha value is -2.29. The third-order valence-corrected chi connectivity index (χ3v) is 1.77. The average molecular weight is 190 g/mol. The largest absolute Gasteiger partial charge is 0.327 e. The zero-order valence-electron chi connectivity index (χ0n) is 7.07. The van der Waals surface area contributed by atoms with Crippen LogP contribution in [0, 0.1) is 12.3 Å². The van der Waals surface area contributed by atoms with E-state index >= 15 is 0 Å². The SMILES string of the molecule is C#CCn1cnc2c(=O)[nH]c(=O)[nH]c21. The van der Waals surface area contributed by atoms with Crippen molar-refractivity contribution in [3.05, 3.63) is 27.2 Å². The Morgan fingerprint density at radius 1 is 1.50 bits per heavy atom. The number of aromatic amines is 2. The molecule has 2 aromatic heterocycles. The van der Waals surface area contributed by atoms with Gasteiger partial charge in [-0.3, -0.25) is 14.8 Å². The molecule has 6 heteroatoms. The molecule has 2 N–H and O–H groups in total. The van der Waals surface area contributed by atoms with Crippen molar-refractivity contribution in [2.45, 2.75) is 6.54 Å². The molecule has 0 aliphatic heterocycles. The molecular weight excluding hydrogens is 184 g/mol. The summed E-state index contributed by atoms with van der Waals surface area (Å²) in [7, 11) is 0. The van der Waals surface area contributed by atoms with E-state index < -0.39 is 11.2 Å². The molecule has 2 rings (SSSR count). The Morgan fingerprint density at radius 3 is 3.00 bits per heavy atom. The standard InChI is InChI=1S/C8H6N4O2/c1-2-3-12-4-9-5-6(12)10-8(14)11-7(5)13/h1,4H,3H2,(H2,10,11,13,14). The third kappa shape index (κ3) is 1.11. The van der Waals surface area contributed by atoms with Crippen molar-refractivity contribution in [3.63, 3.8) is 0 Å². The Morgan fingerprint density at radius 2 is 2.29 bits per heavy atom. The van der Waals surface area contributed by atoms with Crippen LogP contribution in [-0.4, -0.2) is 19.5 Å². The fourth-order valence-corrected chi connectivity index (χ4v) is 1.20. The average Bonchev–Trinajstić information content (AvgIpc) is 2.49. The molecule has 0 aliphatic carbocycles. The summed E-state index contributed by atoms with van der Waals surface area (Å²) in [6.45, 7) is 0.260. The van der Waals surface area contributed by atoms with E-state index in [-0.39, 0.29) is 12.1 Å². The molecule has 6 nitrogen and oxygen atoms in total. The summed E-state index contributed by atoms with van der Waals surface area (Å²) in [5.74, 6) is 2.39. The summed E-state index contributed by atoms with van der Waals surface area (Å²) in [5, 5.41) is 0. The van der Waals surface area contributed by atoms with Crippen molar-refractivity contribution in [2.24, 2.45) is 0 Å². The van der Waals surface area contributed by atoms with Crippen molar-refractivity contribution < 1.29 is 0 Å². The normalized spacial score (nSPS) is 10.2. The molecule has 0 bridgehead atoms. The van der Waals surface area contributed by atoms with Crippen LogP contribution in [0.4, 0.5) is 0 Å². The van der Waals surface area contributed by atoms with E-state index in [9.17, 15) is 9.59 Å². The van der Waals surface area contributed by atoms with Gasteiger partial charge in [0.25, 0.3) is 5.56 Å². The summed E-state index contributed by atoms with van der Waals surface area (Å²) >= 11 is 0. The third-order valence-electron chi connectivity index (χ3n) is 1.77. The van der Waals surface area contributed by atoms with Gasteiger partial charge in [0.1, 0.15) is 5.65 Å². The van der Waals surface area contributed by atoms with Gasteiger partial charge >= 0.3 is 5.69 Å². The maximum Gasteiger partial charge on any atom is 0.327 e. The molecule has 0 saturated carbocycles.